The molecule has 30 heavy (non-hydrogen) atoms. The summed E-state index contributed by atoms with van der Waals surface area (Å²) in [6, 6.07) is 18.6. The molecule has 0 atom stereocenters. The highest BCUT2D eigenvalue weighted by Crippen LogP contribution is 2.22. The van der Waals surface area contributed by atoms with Gasteiger partial charge in [0.15, 0.2) is 0 Å². The van der Waals surface area contributed by atoms with Crippen molar-refractivity contribution in [2.75, 3.05) is 32.7 Å². The number of thiazole rings is 1. The molecule has 4 rings (SSSR count). The van der Waals surface area contributed by atoms with Gasteiger partial charge in [0.25, 0.3) is 0 Å². The maximum atomic E-state index is 12.3. The van der Waals surface area contributed by atoms with E-state index >= 15 is 0 Å². The van der Waals surface area contributed by atoms with Gasteiger partial charge in [0.1, 0.15) is 5.01 Å². The number of hydrogen-bond acceptors (Lipinski definition) is 5. The average molecular weight is 421 g/mol. The largest absolute Gasteiger partial charge is 0.351 e. The fourth-order valence-corrected chi connectivity index (χ4v) is 4.43. The molecule has 0 spiro atoms. The minimum atomic E-state index is 0.0939. The lowest BCUT2D eigenvalue weighted by molar-refractivity contribution is -0.122. The van der Waals surface area contributed by atoms with Crippen LogP contribution in [0.4, 0.5) is 0 Å². The average Bonchev–Trinajstić information content (AvgIpc) is 3.24. The summed E-state index contributed by atoms with van der Waals surface area (Å²) in [5.41, 5.74) is 4.59. The number of aryl methyl sites for hydroxylation is 1. The van der Waals surface area contributed by atoms with Crippen molar-refractivity contribution < 1.29 is 4.79 Å². The van der Waals surface area contributed by atoms with Gasteiger partial charge >= 0.3 is 0 Å². The van der Waals surface area contributed by atoms with Crippen LogP contribution in [0.2, 0.25) is 0 Å². The first kappa shape index (κ1) is 20.7. The number of hydrogen-bond donors (Lipinski definition) is 1. The summed E-state index contributed by atoms with van der Waals surface area (Å²) in [5, 5.41) is 6.32. The van der Waals surface area contributed by atoms with E-state index in [-0.39, 0.29) is 5.91 Å². The Bertz CT molecular complexity index is 947. The maximum Gasteiger partial charge on any atom is 0.234 e. The smallest absolute Gasteiger partial charge is 0.234 e. The third-order valence-corrected chi connectivity index (χ3v) is 6.26. The molecular weight excluding hydrogens is 392 g/mol. The summed E-state index contributed by atoms with van der Waals surface area (Å²) >= 11 is 1.72. The summed E-state index contributed by atoms with van der Waals surface area (Å²) in [6.07, 6.45) is 0. The van der Waals surface area contributed by atoms with Crippen LogP contribution in [0.3, 0.4) is 0 Å². The number of amides is 1. The number of piperazine rings is 1. The van der Waals surface area contributed by atoms with E-state index in [1.165, 1.54) is 11.1 Å². The number of carbonyl (C=O) groups is 1. The lowest BCUT2D eigenvalue weighted by Gasteiger charge is -2.33. The minimum absolute atomic E-state index is 0.0939. The third kappa shape index (κ3) is 5.75. The molecule has 5 nitrogen and oxygen atoms in total. The molecule has 0 unspecified atom stereocenters. The Hall–Kier alpha value is -2.54. The fraction of sp³-hybridized carbons (Fsp3) is 0.333. The second kappa shape index (κ2) is 9.98. The van der Waals surface area contributed by atoms with Gasteiger partial charge < -0.3 is 5.32 Å². The Balaban J connectivity index is 1.19. The lowest BCUT2D eigenvalue weighted by Crippen LogP contribution is -2.49. The molecule has 1 aromatic heterocycles. The van der Waals surface area contributed by atoms with Crippen LogP contribution in [0.15, 0.2) is 60.0 Å². The van der Waals surface area contributed by atoms with Crippen LogP contribution < -0.4 is 5.32 Å². The van der Waals surface area contributed by atoms with Crippen LogP contribution in [0.25, 0.3) is 11.3 Å². The van der Waals surface area contributed by atoms with E-state index in [1.54, 1.807) is 11.3 Å². The van der Waals surface area contributed by atoms with Crippen molar-refractivity contribution in [2.45, 2.75) is 20.0 Å². The summed E-state index contributed by atoms with van der Waals surface area (Å²) in [6.45, 7) is 7.76. The second-order valence-electron chi connectivity index (χ2n) is 7.81. The normalized spacial score (nSPS) is 15.2. The zero-order chi connectivity index (χ0) is 20.8. The predicted molar refractivity (Wildman–Crippen MR) is 122 cm³/mol. The standard InChI is InChI=1S/C24H28N4OS/c1-19-7-9-20(10-8-19)15-25-23(29)16-27-11-13-28(14-12-27)17-24-26-22(18-30-24)21-5-3-2-4-6-21/h2-10,18H,11-17H2,1H3,(H,25,29). The first-order valence-corrected chi connectivity index (χ1v) is 11.3. The zero-order valence-electron chi connectivity index (χ0n) is 17.4. The van der Waals surface area contributed by atoms with Gasteiger partial charge in [-0.2, -0.15) is 0 Å². The van der Waals surface area contributed by atoms with Crippen molar-refractivity contribution in [1.29, 1.82) is 0 Å². The molecular formula is C24H28N4OS. The van der Waals surface area contributed by atoms with Gasteiger partial charge in [-0.15, -0.1) is 11.3 Å². The molecule has 156 valence electrons. The van der Waals surface area contributed by atoms with Crippen LogP contribution in [0.5, 0.6) is 0 Å². The van der Waals surface area contributed by atoms with Crippen LogP contribution in [-0.4, -0.2) is 53.4 Å². The number of nitrogens with one attached hydrogen (secondary N) is 1. The Morgan fingerprint density at radius 1 is 1.00 bits per heavy atom. The Kier molecular flexibility index (Phi) is 6.89. The van der Waals surface area contributed by atoms with Crippen molar-refractivity contribution in [3.05, 3.63) is 76.1 Å². The van der Waals surface area contributed by atoms with Gasteiger partial charge in [0.05, 0.1) is 18.8 Å². The Morgan fingerprint density at radius 2 is 1.70 bits per heavy atom. The van der Waals surface area contributed by atoms with Crippen molar-refractivity contribution in [2.24, 2.45) is 0 Å². The van der Waals surface area contributed by atoms with E-state index in [2.05, 4.69) is 63.8 Å². The highest BCUT2D eigenvalue weighted by molar-refractivity contribution is 7.09. The van der Waals surface area contributed by atoms with Gasteiger partial charge in [-0.1, -0.05) is 60.2 Å². The van der Waals surface area contributed by atoms with E-state index in [9.17, 15) is 4.79 Å². The zero-order valence-corrected chi connectivity index (χ0v) is 18.2. The number of rotatable bonds is 7. The Labute approximate surface area is 182 Å². The lowest BCUT2D eigenvalue weighted by atomic mass is 10.1. The first-order chi connectivity index (χ1) is 14.7. The molecule has 1 saturated heterocycles. The second-order valence-corrected chi connectivity index (χ2v) is 8.75. The van der Waals surface area contributed by atoms with E-state index in [0.717, 1.165) is 49.0 Å². The summed E-state index contributed by atoms with van der Waals surface area (Å²) in [7, 11) is 0. The van der Waals surface area contributed by atoms with Crippen molar-refractivity contribution in [1.82, 2.24) is 20.1 Å². The van der Waals surface area contributed by atoms with Crippen LogP contribution in [-0.2, 0) is 17.9 Å². The molecule has 0 saturated carbocycles. The van der Waals surface area contributed by atoms with E-state index in [0.29, 0.717) is 13.1 Å². The topological polar surface area (TPSA) is 48.5 Å². The van der Waals surface area contributed by atoms with Gasteiger partial charge in [-0.3, -0.25) is 14.6 Å². The Morgan fingerprint density at radius 3 is 2.43 bits per heavy atom. The van der Waals surface area contributed by atoms with Crippen molar-refractivity contribution in [3.63, 3.8) is 0 Å². The molecule has 0 radical (unpaired) electrons. The molecule has 2 aromatic carbocycles. The summed E-state index contributed by atoms with van der Waals surface area (Å²) in [4.78, 5) is 21.7. The van der Waals surface area contributed by atoms with Crippen molar-refractivity contribution in [3.8, 4) is 11.3 Å². The molecule has 1 N–H and O–H groups in total. The number of aromatic nitrogens is 1. The SMILES string of the molecule is Cc1ccc(CNC(=O)CN2CCN(Cc3nc(-c4ccccc4)cs3)CC2)cc1. The third-order valence-electron chi connectivity index (χ3n) is 5.42. The number of carbonyl (C=O) groups excluding carboxylic acids is 1. The molecule has 1 aliphatic heterocycles. The van der Waals surface area contributed by atoms with Crippen LogP contribution in [0, 0.1) is 6.92 Å². The molecule has 0 bridgehead atoms. The molecule has 0 aliphatic carbocycles. The van der Waals surface area contributed by atoms with Crippen LogP contribution in [0.1, 0.15) is 16.1 Å². The fourth-order valence-electron chi connectivity index (χ4n) is 3.59. The number of nitrogens with zero attached hydrogens (tertiary/aromatic N) is 3. The predicted octanol–water partition coefficient (Wildman–Crippen LogP) is 3.55. The number of benzene rings is 2. The molecule has 3 aromatic rings. The molecule has 1 fully saturated rings. The van der Waals surface area contributed by atoms with E-state index in [1.807, 2.05) is 18.2 Å². The van der Waals surface area contributed by atoms with Gasteiger partial charge in [0.2, 0.25) is 5.91 Å². The summed E-state index contributed by atoms with van der Waals surface area (Å²) < 4.78 is 0. The molecule has 1 amide bonds. The van der Waals surface area contributed by atoms with E-state index in [4.69, 9.17) is 4.98 Å². The highest BCUT2D eigenvalue weighted by atomic mass is 32.1. The van der Waals surface area contributed by atoms with E-state index < -0.39 is 0 Å². The van der Waals surface area contributed by atoms with Gasteiger partial charge in [0, 0.05) is 43.7 Å². The van der Waals surface area contributed by atoms with Crippen molar-refractivity contribution >= 4 is 17.2 Å². The van der Waals surface area contributed by atoms with Gasteiger partial charge in [-0.25, -0.2) is 4.98 Å². The summed E-state index contributed by atoms with van der Waals surface area (Å²) in [5.74, 6) is 0.0939. The molecule has 2 heterocycles. The van der Waals surface area contributed by atoms with Crippen LogP contribution >= 0.6 is 11.3 Å². The molecule has 1 aliphatic rings. The quantitative estimate of drug-likeness (QED) is 0.635. The monoisotopic (exact) mass is 420 g/mol. The molecule has 6 heteroatoms. The minimum Gasteiger partial charge on any atom is -0.351 e. The first-order valence-electron chi connectivity index (χ1n) is 10.4. The highest BCUT2D eigenvalue weighted by Gasteiger charge is 2.20. The maximum absolute atomic E-state index is 12.3. The van der Waals surface area contributed by atoms with Gasteiger partial charge in [-0.05, 0) is 12.5 Å².